The number of carbonyl (C=O) groups excluding carboxylic acids is 1. The molecular weight excluding hydrogens is 164 g/mol. The summed E-state index contributed by atoms with van der Waals surface area (Å²) in [6, 6.07) is 0. The van der Waals surface area contributed by atoms with Gasteiger partial charge < -0.3 is 4.74 Å². The Balaban J connectivity index is 2.84. The van der Waals surface area contributed by atoms with Crippen LogP contribution in [-0.2, 0) is 9.53 Å². The molecule has 1 heterocycles. The van der Waals surface area contributed by atoms with E-state index in [1.54, 1.807) is 0 Å². The SMILES string of the molecule is CC/C=C\C1=C(C)OC(=O)CC1C. The molecule has 0 saturated carbocycles. The minimum absolute atomic E-state index is 0.112. The summed E-state index contributed by atoms with van der Waals surface area (Å²) in [4.78, 5) is 11.0. The predicted octanol–water partition coefficient (Wildman–Crippen LogP) is 2.81. The Labute approximate surface area is 79.3 Å². The first-order chi connectivity index (χ1) is 6.15. The number of carbonyl (C=O) groups is 1. The maximum Gasteiger partial charge on any atom is 0.311 e. The van der Waals surface area contributed by atoms with Gasteiger partial charge in [-0.15, -0.1) is 0 Å². The summed E-state index contributed by atoms with van der Waals surface area (Å²) in [5.41, 5.74) is 1.15. The van der Waals surface area contributed by atoms with Crippen molar-refractivity contribution in [2.75, 3.05) is 0 Å². The molecule has 13 heavy (non-hydrogen) atoms. The first-order valence-electron chi connectivity index (χ1n) is 4.73. The Bertz CT molecular complexity index is 261. The van der Waals surface area contributed by atoms with Gasteiger partial charge in [0.15, 0.2) is 0 Å². The molecule has 0 fully saturated rings. The van der Waals surface area contributed by atoms with Crippen molar-refractivity contribution in [3.05, 3.63) is 23.5 Å². The molecule has 1 aliphatic heterocycles. The summed E-state index contributed by atoms with van der Waals surface area (Å²) in [6.07, 6.45) is 5.67. The van der Waals surface area contributed by atoms with E-state index in [0.29, 0.717) is 12.3 Å². The fourth-order valence-electron chi connectivity index (χ4n) is 1.50. The van der Waals surface area contributed by atoms with Crippen molar-refractivity contribution >= 4 is 5.97 Å². The van der Waals surface area contributed by atoms with Crippen LogP contribution in [0.4, 0.5) is 0 Å². The summed E-state index contributed by atoms with van der Waals surface area (Å²) in [7, 11) is 0. The largest absolute Gasteiger partial charge is 0.431 e. The number of hydrogen-bond acceptors (Lipinski definition) is 2. The molecule has 0 aromatic heterocycles. The van der Waals surface area contributed by atoms with Gasteiger partial charge >= 0.3 is 5.97 Å². The van der Waals surface area contributed by atoms with Crippen LogP contribution in [0, 0.1) is 5.92 Å². The fourth-order valence-corrected chi connectivity index (χ4v) is 1.50. The maximum absolute atomic E-state index is 11.0. The van der Waals surface area contributed by atoms with Crippen molar-refractivity contribution < 1.29 is 9.53 Å². The normalized spacial score (nSPS) is 23.9. The number of allylic oxidation sites excluding steroid dienone is 4. The minimum Gasteiger partial charge on any atom is -0.431 e. The molecular formula is C11H16O2. The van der Waals surface area contributed by atoms with Crippen LogP contribution in [-0.4, -0.2) is 5.97 Å². The third kappa shape index (κ3) is 2.44. The molecule has 1 atom stereocenters. The summed E-state index contributed by atoms with van der Waals surface area (Å²) >= 11 is 0. The van der Waals surface area contributed by atoms with Crippen molar-refractivity contribution in [2.24, 2.45) is 5.92 Å². The second-order valence-corrected chi connectivity index (χ2v) is 3.40. The Morgan fingerprint density at radius 3 is 2.85 bits per heavy atom. The second kappa shape index (κ2) is 4.26. The van der Waals surface area contributed by atoms with Crippen LogP contribution < -0.4 is 0 Å². The van der Waals surface area contributed by atoms with Gasteiger partial charge in [-0.05, 0) is 24.8 Å². The van der Waals surface area contributed by atoms with Crippen molar-refractivity contribution in [2.45, 2.75) is 33.6 Å². The highest BCUT2D eigenvalue weighted by atomic mass is 16.5. The number of hydrogen-bond donors (Lipinski definition) is 0. The molecule has 2 nitrogen and oxygen atoms in total. The Hall–Kier alpha value is -1.05. The molecule has 0 amide bonds. The van der Waals surface area contributed by atoms with Gasteiger partial charge in [-0.2, -0.15) is 0 Å². The van der Waals surface area contributed by atoms with Gasteiger partial charge in [-0.25, -0.2) is 0 Å². The van der Waals surface area contributed by atoms with Crippen LogP contribution in [0.3, 0.4) is 0 Å². The number of esters is 1. The molecule has 0 aliphatic carbocycles. The van der Waals surface area contributed by atoms with E-state index in [2.05, 4.69) is 26.0 Å². The van der Waals surface area contributed by atoms with Crippen molar-refractivity contribution in [1.82, 2.24) is 0 Å². The van der Waals surface area contributed by atoms with Crippen LogP contribution in [0.2, 0.25) is 0 Å². The molecule has 1 unspecified atom stereocenters. The average molecular weight is 180 g/mol. The Kier molecular flexibility index (Phi) is 3.29. The zero-order chi connectivity index (χ0) is 9.84. The standard InChI is InChI=1S/C11H16O2/c1-4-5-6-10-8(2)7-11(12)13-9(10)3/h5-6,8H,4,7H2,1-3H3/b6-5-. The highest BCUT2D eigenvalue weighted by molar-refractivity contribution is 5.73. The molecule has 2 heteroatoms. The summed E-state index contributed by atoms with van der Waals surface area (Å²) in [5.74, 6) is 0.941. The number of ether oxygens (including phenoxy) is 1. The van der Waals surface area contributed by atoms with Crippen LogP contribution >= 0.6 is 0 Å². The van der Waals surface area contributed by atoms with E-state index < -0.39 is 0 Å². The third-order valence-electron chi connectivity index (χ3n) is 2.21. The number of cyclic esters (lactones) is 1. The van der Waals surface area contributed by atoms with E-state index >= 15 is 0 Å². The van der Waals surface area contributed by atoms with E-state index in [4.69, 9.17) is 4.74 Å². The van der Waals surface area contributed by atoms with E-state index in [-0.39, 0.29) is 5.97 Å². The van der Waals surface area contributed by atoms with Gasteiger partial charge in [0.25, 0.3) is 0 Å². The average Bonchev–Trinajstić information content (AvgIpc) is 2.02. The highest BCUT2D eigenvalue weighted by Crippen LogP contribution is 2.26. The molecule has 1 aliphatic rings. The fraction of sp³-hybridized carbons (Fsp3) is 0.545. The van der Waals surface area contributed by atoms with Crippen LogP contribution in [0.25, 0.3) is 0 Å². The van der Waals surface area contributed by atoms with Gasteiger partial charge in [0.1, 0.15) is 5.76 Å². The zero-order valence-electron chi connectivity index (χ0n) is 8.46. The molecule has 0 radical (unpaired) electrons. The minimum atomic E-state index is -0.112. The van der Waals surface area contributed by atoms with Gasteiger partial charge in [0.05, 0.1) is 6.42 Å². The van der Waals surface area contributed by atoms with Crippen molar-refractivity contribution in [3.8, 4) is 0 Å². The molecule has 0 aromatic rings. The van der Waals surface area contributed by atoms with E-state index in [1.807, 2.05) is 6.92 Å². The van der Waals surface area contributed by atoms with E-state index in [0.717, 1.165) is 17.8 Å². The van der Waals surface area contributed by atoms with Gasteiger partial charge in [-0.1, -0.05) is 26.0 Å². The summed E-state index contributed by atoms with van der Waals surface area (Å²) in [6.45, 7) is 5.99. The topological polar surface area (TPSA) is 26.3 Å². The van der Waals surface area contributed by atoms with Crippen LogP contribution in [0.5, 0.6) is 0 Å². The second-order valence-electron chi connectivity index (χ2n) is 3.40. The lowest BCUT2D eigenvalue weighted by atomic mass is 9.94. The molecule has 0 bridgehead atoms. The van der Waals surface area contributed by atoms with Gasteiger partial charge in [0.2, 0.25) is 0 Å². The molecule has 72 valence electrons. The van der Waals surface area contributed by atoms with Crippen molar-refractivity contribution in [1.29, 1.82) is 0 Å². The molecule has 0 spiro atoms. The predicted molar refractivity (Wildman–Crippen MR) is 52.0 cm³/mol. The molecule has 0 saturated heterocycles. The molecule has 1 rings (SSSR count). The highest BCUT2D eigenvalue weighted by Gasteiger charge is 2.22. The van der Waals surface area contributed by atoms with Gasteiger partial charge in [0, 0.05) is 0 Å². The Morgan fingerprint density at radius 1 is 1.62 bits per heavy atom. The first-order valence-corrected chi connectivity index (χ1v) is 4.73. The summed E-state index contributed by atoms with van der Waals surface area (Å²) < 4.78 is 5.06. The van der Waals surface area contributed by atoms with Crippen LogP contribution in [0.15, 0.2) is 23.5 Å². The lowest BCUT2D eigenvalue weighted by Crippen LogP contribution is -2.17. The number of rotatable bonds is 2. The quantitative estimate of drug-likeness (QED) is 0.611. The smallest absolute Gasteiger partial charge is 0.311 e. The summed E-state index contributed by atoms with van der Waals surface area (Å²) in [5, 5.41) is 0. The van der Waals surface area contributed by atoms with Gasteiger partial charge in [-0.3, -0.25) is 4.79 Å². The first kappa shape index (κ1) is 10.0. The maximum atomic E-state index is 11.0. The van der Waals surface area contributed by atoms with Crippen LogP contribution in [0.1, 0.15) is 33.6 Å². The Morgan fingerprint density at radius 2 is 2.31 bits per heavy atom. The monoisotopic (exact) mass is 180 g/mol. The molecule has 0 aromatic carbocycles. The van der Waals surface area contributed by atoms with E-state index in [1.165, 1.54) is 0 Å². The van der Waals surface area contributed by atoms with E-state index in [9.17, 15) is 4.79 Å². The molecule has 0 N–H and O–H groups in total. The lowest BCUT2D eigenvalue weighted by Gasteiger charge is -2.20. The third-order valence-corrected chi connectivity index (χ3v) is 2.21. The van der Waals surface area contributed by atoms with Crippen molar-refractivity contribution in [3.63, 3.8) is 0 Å². The lowest BCUT2D eigenvalue weighted by molar-refractivity contribution is -0.141. The zero-order valence-corrected chi connectivity index (χ0v) is 8.46.